The Morgan fingerprint density at radius 2 is 1.95 bits per heavy atom. The van der Waals surface area contributed by atoms with Gasteiger partial charge in [0, 0.05) is 12.6 Å². The number of benzene rings is 1. The Labute approximate surface area is 125 Å². The van der Waals surface area contributed by atoms with Crippen LogP contribution in [0.5, 0.6) is 0 Å². The summed E-state index contributed by atoms with van der Waals surface area (Å²) in [5, 5.41) is 3.65. The highest BCUT2D eigenvalue weighted by molar-refractivity contribution is 7.89. The lowest BCUT2D eigenvalue weighted by Gasteiger charge is -2.21. The van der Waals surface area contributed by atoms with Gasteiger partial charge in [-0.25, -0.2) is 17.2 Å². The molecular weight excluding hydrogens is 316 g/mol. The van der Waals surface area contributed by atoms with E-state index in [9.17, 15) is 17.2 Å². The number of aryl methyl sites for hydroxylation is 1. The van der Waals surface area contributed by atoms with Gasteiger partial charge in [-0.2, -0.15) is 9.29 Å². The maximum atomic E-state index is 13.3. The molecule has 0 aliphatic carbocycles. The molecule has 118 valence electrons. The van der Waals surface area contributed by atoms with Gasteiger partial charge >= 0.3 is 0 Å². The molecule has 1 aliphatic heterocycles. The highest BCUT2D eigenvalue weighted by Gasteiger charge is 2.39. The lowest BCUT2D eigenvalue weighted by molar-refractivity contribution is 0.289. The molecule has 1 saturated heterocycles. The largest absolute Gasteiger partial charge is 0.338 e. The molecule has 0 N–H and O–H groups in total. The molecule has 0 radical (unpaired) electrons. The van der Waals surface area contributed by atoms with E-state index in [1.165, 1.54) is 0 Å². The second kappa shape index (κ2) is 5.40. The van der Waals surface area contributed by atoms with Crippen molar-refractivity contribution in [2.24, 2.45) is 0 Å². The zero-order valence-electron chi connectivity index (χ0n) is 11.7. The van der Waals surface area contributed by atoms with Crippen LogP contribution in [0, 0.1) is 18.6 Å². The Kier molecular flexibility index (Phi) is 3.69. The number of nitrogens with zero attached hydrogens (tertiary/aromatic N) is 3. The SMILES string of the molecule is Cc1noc(C2CCCN2S(=O)(=O)c2cc(F)cc(F)c2)n1. The smallest absolute Gasteiger partial charge is 0.245 e. The van der Waals surface area contributed by atoms with Crippen LogP contribution in [0.1, 0.15) is 30.6 Å². The minimum Gasteiger partial charge on any atom is -0.338 e. The van der Waals surface area contributed by atoms with Crippen molar-refractivity contribution in [3.8, 4) is 0 Å². The molecular formula is C13H13F2N3O3S. The third-order valence-corrected chi connectivity index (χ3v) is 5.36. The van der Waals surface area contributed by atoms with Gasteiger partial charge in [0.15, 0.2) is 5.82 Å². The summed E-state index contributed by atoms with van der Waals surface area (Å²) in [6.07, 6.45) is 1.11. The van der Waals surface area contributed by atoms with Crippen molar-refractivity contribution < 1.29 is 21.7 Å². The predicted octanol–water partition coefficient (Wildman–Crippen LogP) is 2.18. The summed E-state index contributed by atoms with van der Waals surface area (Å²) in [5.74, 6) is -1.29. The van der Waals surface area contributed by atoms with Crippen LogP contribution in [-0.4, -0.2) is 29.4 Å². The first-order chi connectivity index (χ1) is 10.4. The van der Waals surface area contributed by atoms with E-state index >= 15 is 0 Å². The predicted molar refractivity (Wildman–Crippen MR) is 71.3 cm³/mol. The normalized spacial score (nSPS) is 19.7. The summed E-state index contributed by atoms with van der Waals surface area (Å²) in [4.78, 5) is 3.63. The molecule has 1 aromatic heterocycles. The van der Waals surface area contributed by atoms with Crippen LogP contribution in [0.25, 0.3) is 0 Å². The average Bonchev–Trinajstić information content (AvgIpc) is 3.05. The minimum absolute atomic E-state index is 0.190. The second-order valence-corrected chi connectivity index (χ2v) is 6.95. The molecule has 3 rings (SSSR count). The highest BCUT2D eigenvalue weighted by Crippen LogP contribution is 2.35. The van der Waals surface area contributed by atoms with E-state index in [1.54, 1.807) is 6.92 Å². The van der Waals surface area contributed by atoms with Crippen molar-refractivity contribution in [1.82, 2.24) is 14.4 Å². The van der Waals surface area contributed by atoms with Crippen molar-refractivity contribution >= 4 is 10.0 Å². The lowest BCUT2D eigenvalue weighted by Crippen LogP contribution is -2.31. The molecule has 0 saturated carbocycles. The zero-order chi connectivity index (χ0) is 15.9. The van der Waals surface area contributed by atoms with Gasteiger partial charge in [-0.05, 0) is 31.9 Å². The summed E-state index contributed by atoms with van der Waals surface area (Å²) in [7, 11) is -4.05. The first kappa shape index (κ1) is 15.0. The number of halogens is 2. The molecule has 1 aromatic carbocycles. The zero-order valence-corrected chi connectivity index (χ0v) is 12.5. The van der Waals surface area contributed by atoms with Crippen molar-refractivity contribution in [3.05, 3.63) is 41.5 Å². The molecule has 22 heavy (non-hydrogen) atoms. The molecule has 6 nitrogen and oxygen atoms in total. The third kappa shape index (κ3) is 2.61. The topological polar surface area (TPSA) is 76.3 Å². The molecule has 1 atom stereocenters. The monoisotopic (exact) mass is 329 g/mol. The molecule has 1 aliphatic rings. The highest BCUT2D eigenvalue weighted by atomic mass is 32.2. The Hall–Kier alpha value is -1.87. The van der Waals surface area contributed by atoms with Crippen LogP contribution < -0.4 is 0 Å². The number of rotatable bonds is 3. The fraction of sp³-hybridized carbons (Fsp3) is 0.385. The Bertz CT molecular complexity index is 786. The molecule has 0 bridgehead atoms. The van der Waals surface area contributed by atoms with E-state index in [-0.39, 0.29) is 12.4 Å². The third-order valence-electron chi connectivity index (χ3n) is 3.47. The van der Waals surface area contributed by atoms with Gasteiger partial charge in [0.25, 0.3) is 0 Å². The van der Waals surface area contributed by atoms with Gasteiger partial charge in [-0.3, -0.25) is 0 Å². The van der Waals surface area contributed by atoms with E-state index < -0.39 is 32.6 Å². The van der Waals surface area contributed by atoms with Gasteiger partial charge in [-0.1, -0.05) is 5.16 Å². The van der Waals surface area contributed by atoms with E-state index in [0.717, 1.165) is 16.4 Å². The molecule has 0 spiro atoms. The van der Waals surface area contributed by atoms with Crippen molar-refractivity contribution in [3.63, 3.8) is 0 Å². The fourth-order valence-electron chi connectivity index (χ4n) is 2.54. The van der Waals surface area contributed by atoms with Crippen molar-refractivity contribution in [1.29, 1.82) is 0 Å². The number of sulfonamides is 1. The van der Waals surface area contributed by atoms with Gasteiger partial charge in [0.2, 0.25) is 15.9 Å². The van der Waals surface area contributed by atoms with E-state index in [0.29, 0.717) is 24.7 Å². The van der Waals surface area contributed by atoms with Crippen molar-refractivity contribution in [2.75, 3.05) is 6.54 Å². The summed E-state index contributed by atoms with van der Waals surface area (Å²) in [6, 6.07) is 1.61. The summed E-state index contributed by atoms with van der Waals surface area (Å²) < 4.78 is 58.1. The Morgan fingerprint density at radius 1 is 1.27 bits per heavy atom. The number of hydrogen-bond donors (Lipinski definition) is 0. The minimum atomic E-state index is -4.05. The Morgan fingerprint density at radius 3 is 2.55 bits per heavy atom. The molecule has 2 aromatic rings. The molecule has 2 heterocycles. The van der Waals surface area contributed by atoms with Crippen LogP contribution in [0.4, 0.5) is 8.78 Å². The Balaban J connectivity index is 2.00. The fourth-order valence-corrected chi connectivity index (χ4v) is 4.23. The lowest BCUT2D eigenvalue weighted by atomic mass is 10.2. The van der Waals surface area contributed by atoms with Crippen LogP contribution in [0.15, 0.2) is 27.6 Å². The number of hydrogen-bond acceptors (Lipinski definition) is 5. The summed E-state index contributed by atoms with van der Waals surface area (Å²) >= 11 is 0. The van der Waals surface area contributed by atoms with Gasteiger partial charge in [0.1, 0.15) is 17.7 Å². The van der Waals surface area contributed by atoms with Crippen LogP contribution >= 0.6 is 0 Å². The number of aromatic nitrogens is 2. The van der Waals surface area contributed by atoms with Gasteiger partial charge in [0.05, 0.1) is 4.90 Å². The first-order valence-electron chi connectivity index (χ1n) is 6.66. The maximum absolute atomic E-state index is 13.3. The molecule has 1 fully saturated rings. The second-order valence-electron chi connectivity index (χ2n) is 5.06. The molecule has 9 heteroatoms. The standard InChI is InChI=1S/C13H13F2N3O3S/c1-8-16-13(21-17-8)12-3-2-4-18(12)22(19,20)11-6-9(14)5-10(15)7-11/h5-7,12H,2-4H2,1H3. The van der Waals surface area contributed by atoms with E-state index in [1.807, 2.05) is 0 Å². The first-order valence-corrected chi connectivity index (χ1v) is 8.10. The van der Waals surface area contributed by atoms with Crippen molar-refractivity contribution in [2.45, 2.75) is 30.7 Å². The maximum Gasteiger partial charge on any atom is 0.245 e. The molecule has 0 amide bonds. The van der Waals surface area contributed by atoms with Crippen LogP contribution in [-0.2, 0) is 10.0 Å². The van der Waals surface area contributed by atoms with Gasteiger partial charge in [-0.15, -0.1) is 0 Å². The quantitative estimate of drug-likeness (QED) is 0.863. The molecule has 1 unspecified atom stereocenters. The van der Waals surface area contributed by atoms with Crippen LogP contribution in [0.2, 0.25) is 0 Å². The van der Waals surface area contributed by atoms with Crippen LogP contribution in [0.3, 0.4) is 0 Å². The average molecular weight is 329 g/mol. The summed E-state index contributed by atoms with van der Waals surface area (Å²) in [5.41, 5.74) is 0. The summed E-state index contributed by atoms with van der Waals surface area (Å²) in [6.45, 7) is 1.86. The van der Waals surface area contributed by atoms with Gasteiger partial charge < -0.3 is 4.52 Å². The van der Waals surface area contributed by atoms with E-state index in [4.69, 9.17) is 4.52 Å². The van der Waals surface area contributed by atoms with E-state index in [2.05, 4.69) is 10.1 Å².